The molecule has 1 fully saturated rings. The first-order valence-corrected chi connectivity index (χ1v) is 12.8. The molecular formula is C23H29NO5S2. The second-order valence-electron chi connectivity index (χ2n) is 7.77. The van der Waals surface area contributed by atoms with Crippen molar-refractivity contribution in [1.29, 1.82) is 0 Å². The molecule has 0 amide bonds. The van der Waals surface area contributed by atoms with Gasteiger partial charge in [0.25, 0.3) is 0 Å². The topological polar surface area (TPSA) is 83.9 Å². The predicted octanol–water partition coefficient (Wildman–Crippen LogP) is 4.35. The lowest BCUT2D eigenvalue weighted by molar-refractivity contribution is -0.143. The molecule has 3 rings (SSSR count). The number of carboxylic acid groups (broad SMARTS) is 1. The summed E-state index contributed by atoms with van der Waals surface area (Å²) in [5, 5.41) is 9.71. The number of hydrogen-bond donors (Lipinski definition) is 1. The van der Waals surface area contributed by atoms with Crippen LogP contribution in [-0.4, -0.2) is 48.5 Å². The van der Waals surface area contributed by atoms with Crippen molar-refractivity contribution in [1.82, 2.24) is 4.31 Å². The molecule has 0 saturated carbocycles. The van der Waals surface area contributed by atoms with Crippen LogP contribution in [0.5, 0.6) is 5.75 Å². The van der Waals surface area contributed by atoms with E-state index >= 15 is 0 Å². The molecule has 168 valence electrons. The standard InChI is InChI=1S/C23H29NO5S2/c1-4-13-30-22-14-21(17-7-9-18(29-3)10-8-17)24(15-20(22)23(25)26)31(27,28)19-11-5-16(2)6-12-19/h5-12,20-22H,4,13-15H2,1-3H3,(H,25,26)/t20-,21+,22-/m1/s1. The monoisotopic (exact) mass is 463 g/mol. The number of hydrogen-bond acceptors (Lipinski definition) is 5. The minimum absolute atomic E-state index is 0.0520. The fraction of sp³-hybridized carbons (Fsp3) is 0.435. The zero-order valence-electron chi connectivity index (χ0n) is 18.0. The number of aliphatic carboxylic acids is 1. The molecule has 1 heterocycles. The van der Waals surface area contributed by atoms with Crippen molar-refractivity contribution in [3.05, 3.63) is 59.7 Å². The van der Waals surface area contributed by atoms with E-state index in [4.69, 9.17) is 4.74 Å². The third kappa shape index (κ3) is 5.25. The summed E-state index contributed by atoms with van der Waals surface area (Å²) in [7, 11) is -2.29. The van der Waals surface area contributed by atoms with Crippen LogP contribution in [0.3, 0.4) is 0 Å². The summed E-state index contributed by atoms with van der Waals surface area (Å²) in [4.78, 5) is 12.2. The van der Waals surface area contributed by atoms with E-state index in [2.05, 4.69) is 6.92 Å². The number of nitrogens with zero attached hydrogens (tertiary/aromatic N) is 1. The molecule has 1 saturated heterocycles. The van der Waals surface area contributed by atoms with Crippen molar-refractivity contribution >= 4 is 27.8 Å². The van der Waals surface area contributed by atoms with E-state index in [1.54, 1.807) is 43.1 Å². The van der Waals surface area contributed by atoms with Crippen LogP contribution in [0.25, 0.3) is 0 Å². The smallest absolute Gasteiger partial charge is 0.308 e. The molecule has 2 aromatic carbocycles. The largest absolute Gasteiger partial charge is 0.497 e. The number of carboxylic acids is 1. The highest BCUT2D eigenvalue weighted by Gasteiger charge is 2.45. The van der Waals surface area contributed by atoms with Gasteiger partial charge in [0.1, 0.15) is 5.75 Å². The molecule has 6 nitrogen and oxygen atoms in total. The SMILES string of the molecule is CCCS[C@@H]1C[C@@H](c2ccc(OC)cc2)N(S(=O)(=O)c2ccc(C)cc2)C[C@H]1C(=O)O. The Morgan fingerprint density at radius 3 is 2.35 bits per heavy atom. The summed E-state index contributed by atoms with van der Waals surface area (Å²) < 4.78 is 33.8. The first-order valence-electron chi connectivity index (χ1n) is 10.3. The zero-order chi connectivity index (χ0) is 22.6. The number of thioether (sulfide) groups is 1. The van der Waals surface area contributed by atoms with E-state index in [1.165, 1.54) is 4.31 Å². The second-order valence-corrected chi connectivity index (χ2v) is 11.0. The highest BCUT2D eigenvalue weighted by molar-refractivity contribution is 7.99. The van der Waals surface area contributed by atoms with Crippen LogP contribution < -0.4 is 4.74 Å². The number of piperidine rings is 1. The van der Waals surface area contributed by atoms with E-state index in [9.17, 15) is 18.3 Å². The first kappa shape index (κ1) is 23.6. The van der Waals surface area contributed by atoms with Gasteiger partial charge in [-0.2, -0.15) is 16.1 Å². The minimum atomic E-state index is -3.87. The fourth-order valence-electron chi connectivity index (χ4n) is 3.87. The van der Waals surface area contributed by atoms with Gasteiger partial charge < -0.3 is 9.84 Å². The molecule has 3 atom stereocenters. The molecule has 31 heavy (non-hydrogen) atoms. The fourth-order valence-corrected chi connectivity index (χ4v) is 6.81. The Morgan fingerprint density at radius 2 is 1.81 bits per heavy atom. The number of rotatable bonds is 8. The van der Waals surface area contributed by atoms with E-state index in [0.717, 1.165) is 23.3 Å². The Hall–Kier alpha value is -2.03. The summed E-state index contributed by atoms with van der Waals surface area (Å²) in [6, 6.07) is 13.6. The maximum Gasteiger partial charge on any atom is 0.308 e. The molecule has 0 unspecified atom stereocenters. The Bertz CT molecular complexity index is 990. The first-order chi connectivity index (χ1) is 14.8. The zero-order valence-corrected chi connectivity index (χ0v) is 19.7. The van der Waals surface area contributed by atoms with Crippen LogP contribution in [0.4, 0.5) is 0 Å². The van der Waals surface area contributed by atoms with Gasteiger partial charge in [-0.3, -0.25) is 4.79 Å². The van der Waals surface area contributed by atoms with Gasteiger partial charge in [-0.1, -0.05) is 36.8 Å². The van der Waals surface area contributed by atoms with Gasteiger partial charge in [-0.15, -0.1) is 0 Å². The molecule has 0 bridgehead atoms. The lowest BCUT2D eigenvalue weighted by atomic mass is 9.90. The molecule has 2 aromatic rings. The average molecular weight is 464 g/mol. The third-order valence-electron chi connectivity index (χ3n) is 5.61. The van der Waals surface area contributed by atoms with Crippen molar-refractivity contribution in [2.24, 2.45) is 5.92 Å². The Morgan fingerprint density at radius 1 is 1.16 bits per heavy atom. The number of ether oxygens (including phenoxy) is 1. The van der Waals surface area contributed by atoms with Gasteiger partial charge in [0.2, 0.25) is 10.0 Å². The van der Waals surface area contributed by atoms with E-state index in [-0.39, 0.29) is 16.7 Å². The van der Waals surface area contributed by atoms with Gasteiger partial charge >= 0.3 is 5.97 Å². The summed E-state index contributed by atoms with van der Waals surface area (Å²) in [6.45, 7) is 3.90. The molecule has 1 aliphatic heterocycles. The van der Waals surface area contributed by atoms with Crippen molar-refractivity contribution in [2.45, 2.75) is 42.9 Å². The number of sulfonamides is 1. The lowest BCUT2D eigenvalue weighted by Gasteiger charge is -2.41. The molecule has 8 heteroatoms. The second kappa shape index (κ2) is 10.1. The Labute approximate surface area is 188 Å². The highest BCUT2D eigenvalue weighted by Crippen LogP contribution is 2.42. The molecule has 0 aliphatic carbocycles. The number of carbonyl (C=O) groups is 1. The summed E-state index contributed by atoms with van der Waals surface area (Å²) in [5.41, 5.74) is 1.80. The van der Waals surface area contributed by atoms with Gasteiger partial charge in [-0.25, -0.2) is 8.42 Å². The minimum Gasteiger partial charge on any atom is -0.497 e. The van der Waals surface area contributed by atoms with Crippen molar-refractivity contribution < 1.29 is 23.1 Å². The number of benzene rings is 2. The number of methoxy groups -OCH3 is 1. The highest BCUT2D eigenvalue weighted by atomic mass is 32.2. The van der Waals surface area contributed by atoms with Gasteiger partial charge in [-0.05, 0) is 55.3 Å². The predicted molar refractivity (Wildman–Crippen MR) is 123 cm³/mol. The van der Waals surface area contributed by atoms with Crippen LogP contribution in [0, 0.1) is 12.8 Å². The molecule has 1 N–H and O–H groups in total. The normalized spacial score (nSPS) is 22.2. The maximum absolute atomic E-state index is 13.6. The summed E-state index contributed by atoms with van der Waals surface area (Å²) in [6.07, 6.45) is 1.38. The average Bonchev–Trinajstić information content (AvgIpc) is 2.77. The molecule has 1 aliphatic rings. The van der Waals surface area contributed by atoms with Crippen LogP contribution in [-0.2, 0) is 14.8 Å². The molecule has 0 radical (unpaired) electrons. The molecular weight excluding hydrogens is 434 g/mol. The van der Waals surface area contributed by atoms with Crippen LogP contribution >= 0.6 is 11.8 Å². The van der Waals surface area contributed by atoms with Gasteiger partial charge in [0.05, 0.1) is 24.0 Å². The maximum atomic E-state index is 13.6. The van der Waals surface area contributed by atoms with Crippen LogP contribution in [0.2, 0.25) is 0 Å². The van der Waals surface area contributed by atoms with E-state index in [0.29, 0.717) is 12.2 Å². The lowest BCUT2D eigenvalue weighted by Crippen LogP contribution is -2.49. The Balaban J connectivity index is 2.04. The van der Waals surface area contributed by atoms with Gasteiger partial charge in [0, 0.05) is 11.8 Å². The quantitative estimate of drug-likeness (QED) is 0.627. The van der Waals surface area contributed by atoms with Crippen LogP contribution in [0.15, 0.2) is 53.4 Å². The van der Waals surface area contributed by atoms with Crippen molar-refractivity contribution in [3.63, 3.8) is 0 Å². The van der Waals surface area contributed by atoms with E-state index < -0.39 is 28.0 Å². The Kier molecular flexibility index (Phi) is 7.67. The summed E-state index contributed by atoms with van der Waals surface area (Å²) in [5.74, 6) is -0.181. The molecule has 0 spiro atoms. The molecule has 0 aromatic heterocycles. The number of aryl methyl sites for hydroxylation is 1. The van der Waals surface area contributed by atoms with Crippen molar-refractivity contribution in [3.8, 4) is 5.75 Å². The van der Waals surface area contributed by atoms with Crippen LogP contribution in [0.1, 0.15) is 36.9 Å². The van der Waals surface area contributed by atoms with E-state index in [1.807, 2.05) is 31.2 Å². The summed E-state index contributed by atoms with van der Waals surface area (Å²) >= 11 is 1.62. The van der Waals surface area contributed by atoms with Crippen molar-refractivity contribution in [2.75, 3.05) is 19.4 Å². The van der Waals surface area contributed by atoms with Gasteiger partial charge in [0.15, 0.2) is 0 Å². The third-order valence-corrected chi connectivity index (χ3v) is 9.09.